The summed E-state index contributed by atoms with van der Waals surface area (Å²) in [4.78, 5) is 0. The highest BCUT2D eigenvalue weighted by atomic mass is 35.5. The van der Waals surface area contributed by atoms with E-state index in [0.29, 0.717) is 6.61 Å². The van der Waals surface area contributed by atoms with Crippen LogP contribution in [0.1, 0.15) is 23.6 Å². The second kappa shape index (κ2) is 6.13. The van der Waals surface area contributed by atoms with Gasteiger partial charge in [0, 0.05) is 16.2 Å². The first-order valence-electron chi connectivity index (χ1n) is 7.14. The first-order valence-corrected chi connectivity index (χ1v) is 7.52. The van der Waals surface area contributed by atoms with Crippen LogP contribution in [0.2, 0.25) is 5.02 Å². The van der Waals surface area contributed by atoms with Gasteiger partial charge in [0.1, 0.15) is 5.75 Å². The summed E-state index contributed by atoms with van der Waals surface area (Å²) in [5.41, 5.74) is 5.26. The fourth-order valence-electron chi connectivity index (χ4n) is 2.54. The van der Waals surface area contributed by atoms with Crippen molar-refractivity contribution in [2.24, 2.45) is 0 Å². The zero-order chi connectivity index (χ0) is 15.5. The van der Waals surface area contributed by atoms with Gasteiger partial charge in [-0.15, -0.1) is 6.42 Å². The summed E-state index contributed by atoms with van der Waals surface area (Å²) >= 11 is 5.93. The van der Waals surface area contributed by atoms with Crippen molar-refractivity contribution in [1.82, 2.24) is 0 Å². The smallest absolute Gasteiger partial charge is 0.119 e. The topological polar surface area (TPSA) is 9.23 Å². The van der Waals surface area contributed by atoms with E-state index in [2.05, 4.69) is 18.1 Å². The number of halogens is 1. The zero-order valence-corrected chi connectivity index (χ0v) is 13.0. The molecule has 0 aromatic heterocycles. The molecule has 108 valence electrons. The van der Waals surface area contributed by atoms with Gasteiger partial charge in [-0.3, -0.25) is 0 Å². The molecule has 0 atom stereocenters. The summed E-state index contributed by atoms with van der Waals surface area (Å²) in [6.07, 6.45) is 9.79. The van der Waals surface area contributed by atoms with Crippen molar-refractivity contribution in [3.63, 3.8) is 0 Å². The van der Waals surface area contributed by atoms with Crippen molar-refractivity contribution in [2.45, 2.75) is 6.92 Å². The fraction of sp³-hybridized carbons (Fsp3) is 0.100. The lowest BCUT2D eigenvalue weighted by atomic mass is 10.0. The predicted molar refractivity (Wildman–Crippen MR) is 93.7 cm³/mol. The Labute approximate surface area is 135 Å². The van der Waals surface area contributed by atoms with Crippen LogP contribution < -0.4 is 4.74 Å². The Morgan fingerprint density at radius 1 is 1.14 bits per heavy atom. The van der Waals surface area contributed by atoms with E-state index in [1.807, 2.05) is 49.4 Å². The molecule has 0 saturated carbocycles. The van der Waals surface area contributed by atoms with Crippen LogP contribution in [0.3, 0.4) is 0 Å². The van der Waals surface area contributed by atoms with Crippen LogP contribution in [0.5, 0.6) is 5.75 Å². The van der Waals surface area contributed by atoms with Crippen molar-refractivity contribution in [3.8, 4) is 18.1 Å². The van der Waals surface area contributed by atoms with Gasteiger partial charge in [-0.1, -0.05) is 35.7 Å². The van der Waals surface area contributed by atoms with Crippen molar-refractivity contribution >= 4 is 28.8 Å². The SMILES string of the molecule is C#CC1=CC(=Cc2ccc(Cl)cc2)c2ccc(OCC)cc21. The Hall–Kier alpha value is -2.43. The van der Waals surface area contributed by atoms with Crippen LogP contribution in [-0.4, -0.2) is 6.61 Å². The minimum Gasteiger partial charge on any atom is -0.494 e. The van der Waals surface area contributed by atoms with Crippen LogP contribution in [0.4, 0.5) is 0 Å². The highest BCUT2D eigenvalue weighted by molar-refractivity contribution is 6.30. The molecule has 0 unspecified atom stereocenters. The van der Waals surface area contributed by atoms with Crippen molar-refractivity contribution in [3.05, 3.63) is 70.3 Å². The molecule has 0 heterocycles. The van der Waals surface area contributed by atoms with Gasteiger partial charge in [0.05, 0.1) is 6.61 Å². The molecule has 2 aromatic rings. The third-order valence-corrected chi connectivity index (χ3v) is 3.80. The lowest BCUT2D eigenvalue weighted by Crippen LogP contribution is -1.93. The first-order chi connectivity index (χ1) is 10.7. The molecular formula is C20H15ClO. The number of ether oxygens (including phenoxy) is 1. The van der Waals surface area contributed by atoms with E-state index >= 15 is 0 Å². The molecular weight excluding hydrogens is 292 g/mol. The third kappa shape index (κ3) is 2.79. The predicted octanol–water partition coefficient (Wildman–Crippen LogP) is 5.31. The first kappa shape index (κ1) is 14.5. The third-order valence-electron chi connectivity index (χ3n) is 3.55. The Balaban J connectivity index is 2.05. The van der Waals surface area contributed by atoms with Crippen molar-refractivity contribution in [1.29, 1.82) is 0 Å². The molecule has 0 aliphatic heterocycles. The summed E-state index contributed by atoms with van der Waals surface area (Å²) in [7, 11) is 0. The fourth-order valence-corrected chi connectivity index (χ4v) is 2.67. The number of fused-ring (bicyclic) bond motifs is 1. The highest BCUT2D eigenvalue weighted by Crippen LogP contribution is 2.38. The van der Waals surface area contributed by atoms with Crippen LogP contribution in [0.15, 0.2) is 48.5 Å². The Bertz CT molecular complexity index is 805. The van der Waals surface area contributed by atoms with Crippen LogP contribution in [0.25, 0.3) is 17.2 Å². The second-order valence-corrected chi connectivity index (χ2v) is 5.43. The molecule has 2 heteroatoms. The van der Waals surface area contributed by atoms with E-state index in [0.717, 1.165) is 38.6 Å². The van der Waals surface area contributed by atoms with Gasteiger partial charge >= 0.3 is 0 Å². The van der Waals surface area contributed by atoms with Crippen LogP contribution in [0, 0.1) is 12.3 Å². The molecule has 0 N–H and O–H groups in total. The molecule has 1 aliphatic rings. The van der Waals surface area contributed by atoms with Crippen molar-refractivity contribution in [2.75, 3.05) is 6.61 Å². The van der Waals surface area contributed by atoms with E-state index in [9.17, 15) is 0 Å². The normalized spacial score (nSPS) is 14.4. The molecule has 3 rings (SSSR count). The quantitative estimate of drug-likeness (QED) is 0.698. The molecule has 0 amide bonds. The maximum Gasteiger partial charge on any atom is 0.119 e. The summed E-state index contributed by atoms with van der Waals surface area (Å²) in [5, 5.41) is 0.732. The summed E-state index contributed by atoms with van der Waals surface area (Å²) in [6.45, 7) is 2.61. The standard InChI is InChI=1S/C20H15ClO/c1-3-15-12-16(11-14-5-7-17(21)8-6-14)19-10-9-18(22-4-2)13-20(15)19/h1,5-13H,4H2,2H3. The van der Waals surface area contributed by atoms with Gasteiger partial charge in [-0.2, -0.15) is 0 Å². The van der Waals surface area contributed by atoms with Gasteiger partial charge < -0.3 is 4.74 Å². The molecule has 1 nitrogen and oxygen atoms in total. The Kier molecular flexibility index (Phi) is 4.04. The molecule has 2 aromatic carbocycles. The number of hydrogen-bond donors (Lipinski definition) is 0. The summed E-state index contributed by atoms with van der Waals surface area (Å²) in [6, 6.07) is 13.8. The van der Waals surface area contributed by atoms with E-state index in [4.69, 9.17) is 22.8 Å². The van der Waals surface area contributed by atoms with E-state index in [1.165, 1.54) is 0 Å². The molecule has 0 saturated heterocycles. The number of hydrogen-bond acceptors (Lipinski definition) is 1. The number of allylic oxidation sites excluding steroid dienone is 3. The Morgan fingerprint density at radius 2 is 1.91 bits per heavy atom. The number of terminal acetylenes is 1. The molecule has 0 spiro atoms. The average molecular weight is 307 g/mol. The zero-order valence-electron chi connectivity index (χ0n) is 12.3. The second-order valence-electron chi connectivity index (χ2n) is 4.99. The maximum atomic E-state index is 5.93. The lowest BCUT2D eigenvalue weighted by molar-refractivity contribution is 0.340. The lowest BCUT2D eigenvalue weighted by Gasteiger charge is -2.07. The van der Waals surface area contributed by atoms with Gasteiger partial charge in [0.25, 0.3) is 0 Å². The molecule has 22 heavy (non-hydrogen) atoms. The van der Waals surface area contributed by atoms with E-state index in [1.54, 1.807) is 0 Å². The summed E-state index contributed by atoms with van der Waals surface area (Å²) in [5.74, 6) is 3.60. The maximum absolute atomic E-state index is 5.93. The van der Waals surface area contributed by atoms with E-state index < -0.39 is 0 Å². The van der Waals surface area contributed by atoms with Gasteiger partial charge in [-0.05, 0) is 60.0 Å². The minimum atomic E-state index is 0.640. The van der Waals surface area contributed by atoms with Gasteiger partial charge in [0.15, 0.2) is 0 Å². The van der Waals surface area contributed by atoms with Crippen molar-refractivity contribution < 1.29 is 4.74 Å². The van der Waals surface area contributed by atoms with Crippen LogP contribution in [-0.2, 0) is 0 Å². The molecule has 0 radical (unpaired) electrons. The molecule has 0 fully saturated rings. The average Bonchev–Trinajstić information content (AvgIpc) is 2.87. The van der Waals surface area contributed by atoms with Gasteiger partial charge in [-0.25, -0.2) is 0 Å². The van der Waals surface area contributed by atoms with E-state index in [-0.39, 0.29) is 0 Å². The van der Waals surface area contributed by atoms with Crippen LogP contribution >= 0.6 is 11.6 Å². The van der Waals surface area contributed by atoms with Gasteiger partial charge in [0.2, 0.25) is 0 Å². The Morgan fingerprint density at radius 3 is 2.59 bits per heavy atom. The monoisotopic (exact) mass is 306 g/mol. The number of rotatable bonds is 3. The largest absolute Gasteiger partial charge is 0.494 e. The molecule has 0 bridgehead atoms. The highest BCUT2D eigenvalue weighted by Gasteiger charge is 2.17. The molecule has 1 aliphatic carbocycles. The number of benzene rings is 2. The minimum absolute atomic E-state index is 0.640. The summed E-state index contributed by atoms with van der Waals surface area (Å²) < 4.78 is 5.56.